The van der Waals surface area contributed by atoms with Gasteiger partial charge in [0.05, 0.1) is 35.5 Å². The summed E-state index contributed by atoms with van der Waals surface area (Å²) >= 11 is 6.15. The van der Waals surface area contributed by atoms with Crippen LogP contribution in [0.3, 0.4) is 0 Å². The van der Waals surface area contributed by atoms with E-state index >= 15 is 0 Å². The average molecular weight is 640 g/mol. The second kappa shape index (κ2) is 11.7. The highest BCUT2D eigenvalue weighted by Gasteiger charge is 2.39. The summed E-state index contributed by atoms with van der Waals surface area (Å²) in [6.45, 7) is 3.41. The summed E-state index contributed by atoms with van der Waals surface area (Å²) in [5, 5.41) is 16.6. The predicted molar refractivity (Wildman–Crippen MR) is 164 cm³/mol. The van der Waals surface area contributed by atoms with Crippen LogP contribution in [0.2, 0.25) is 5.02 Å². The summed E-state index contributed by atoms with van der Waals surface area (Å²) in [7, 11) is -3.80. The van der Waals surface area contributed by atoms with Gasteiger partial charge in [0.15, 0.2) is 0 Å². The summed E-state index contributed by atoms with van der Waals surface area (Å²) in [4.78, 5) is 30.7. The van der Waals surface area contributed by atoms with Crippen molar-refractivity contribution in [2.45, 2.75) is 25.5 Å². The molecule has 0 N–H and O–H groups in total. The molecule has 1 aliphatic carbocycles. The third kappa shape index (κ3) is 6.18. The molecule has 1 aliphatic heterocycles. The Labute approximate surface area is 258 Å². The Bertz CT molecular complexity index is 1870. The summed E-state index contributed by atoms with van der Waals surface area (Å²) in [5.41, 5.74) is 0.985. The smallest absolute Gasteiger partial charge is 0.316 e. The molecule has 0 atom stereocenters. The quantitative estimate of drug-likeness (QED) is 0.187. The molecule has 0 bridgehead atoms. The Hall–Kier alpha value is -4.27. The van der Waals surface area contributed by atoms with Gasteiger partial charge in [-0.1, -0.05) is 30.7 Å². The van der Waals surface area contributed by atoms with Crippen molar-refractivity contribution >= 4 is 33.0 Å². The zero-order valence-electron chi connectivity index (χ0n) is 23.9. The zero-order valence-corrected chi connectivity index (χ0v) is 25.4. The molecule has 4 aromatic rings. The number of rotatable bonds is 10. The molecule has 1 saturated heterocycles. The van der Waals surface area contributed by atoms with E-state index in [0.717, 1.165) is 12.8 Å². The normalized spacial score (nSPS) is 16.5. The SMILES string of the molecule is CC1(COc2c(N3CCN(S(=O)(=O)Cc4ccc(-n5ccnc5)c([N+](=O)[O-])c4)CC3)cnn(-c3cccc(Cl)c3)c2=O)CC1. The minimum Gasteiger partial charge on any atom is -0.486 e. The van der Waals surface area contributed by atoms with E-state index in [2.05, 4.69) is 17.0 Å². The Balaban J connectivity index is 1.20. The lowest BCUT2D eigenvalue weighted by atomic mass is 10.2. The molecule has 2 fully saturated rings. The Morgan fingerprint density at radius 3 is 2.52 bits per heavy atom. The summed E-state index contributed by atoms with van der Waals surface area (Å²) in [6, 6.07) is 11.2. The molecule has 2 aromatic carbocycles. The Morgan fingerprint density at radius 2 is 1.86 bits per heavy atom. The molecule has 0 unspecified atom stereocenters. The molecule has 2 aromatic heterocycles. The van der Waals surface area contributed by atoms with E-state index in [9.17, 15) is 23.3 Å². The standard InChI is InChI=1S/C29H30ClN7O6S/c1-29(7-8-29)19-43-27-26(17-32-36(28(27)38)23-4-2-3-22(30)16-23)33-11-13-35(14-12-33)44(41,42)18-21-5-6-24(25(15-21)37(39)40)34-10-9-31-20-34/h2-6,9-10,15-17,20H,7-8,11-14,18-19H2,1H3. The highest BCUT2D eigenvalue weighted by Crippen LogP contribution is 2.45. The number of hydrogen-bond donors (Lipinski definition) is 0. The number of aromatic nitrogens is 4. The van der Waals surface area contributed by atoms with Crippen LogP contribution in [0.1, 0.15) is 25.3 Å². The van der Waals surface area contributed by atoms with Crippen molar-refractivity contribution in [3.63, 3.8) is 0 Å². The lowest BCUT2D eigenvalue weighted by molar-refractivity contribution is -0.384. The van der Waals surface area contributed by atoms with Gasteiger partial charge in [0, 0.05) is 55.1 Å². The number of piperazine rings is 1. The molecule has 0 radical (unpaired) electrons. The van der Waals surface area contributed by atoms with Crippen LogP contribution in [-0.2, 0) is 15.8 Å². The number of nitro benzene ring substituents is 1. The van der Waals surface area contributed by atoms with Crippen LogP contribution in [0.4, 0.5) is 11.4 Å². The van der Waals surface area contributed by atoms with Gasteiger partial charge in [0.2, 0.25) is 15.8 Å². The Kier molecular flexibility index (Phi) is 7.90. The molecule has 3 heterocycles. The van der Waals surface area contributed by atoms with Crippen molar-refractivity contribution < 1.29 is 18.1 Å². The highest BCUT2D eigenvalue weighted by atomic mass is 35.5. The number of ether oxygens (including phenoxy) is 1. The van der Waals surface area contributed by atoms with Crippen LogP contribution in [0, 0.1) is 15.5 Å². The number of halogens is 1. The fourth-order valence-corrected chi connectivity index (χ4v) is 6.81. The van der Waals surface area contributed by atoms with E-state index < -0.39 is 20.5 Å². The lowest BCUT2D eigenvalue weighted by Gasteiger charge is -2.35. The molecular formula is C29H30ClN7O6S. The first-order valence-electron chi connectivity index (χ1n) is 14.0. The van der Waals surface area contributed by atoms with Gasteiger partial charge in [0.1, 0.15) is 11.4 Å². The zero-order chi connectivity index (χ0) is 31.1. The molecule has 0 spiro atoms. The first kappa shape index (κ1) is 29.8. The van der Waals surface area contributed by atoms with E-state index in [0.29, 0.717) is 47.3 Å². The molecular weight excluding hydrogens is 610 g/mol. The summed E-state index contributed by atoms with van der Waals surface area (Å²) in [5.74, 6) is -0.225. The number of nitrogens with zero attached hydrogens (tertiary/aromatic N) is 7. The maximum atomic E-state index is 13.6. The van der Waals surface area contributed by atoms with Crippen molar-refractivity contribution in [2.75, 3.05) is 37.7 Å². The number of anilines is 1. The average Bonchev–Trinajstić information content (AvgIpc) is 3.48. The first-order chi connectivity index (χ1) is 21.0. The lowest BCUT2D eigenvalue weighted by Crippen LogP contribution is -2.49. The van der Waals surface area contributed by atoms with Crippen molar-refractivity contribution in [1.29, 1.82) is 0 Å². The van der Waals surface area contributed by atoms with E-state index in [4.69, 9.17) is 16.3 Å². The molecule has 6 rings (SSSR count). The number of hydrogen-bond acceptors (Lipinski definition) is 9. The molecule has 13 nitrogen and oxygen atoms in total. The summed E-state index contributed by atoms with van der Waals surface area (Å²) in [6.07, 6.45) is 8.12. The number of sulfonamides is 1. The number of imidazole rings is 1. The molecule has 15 heteroatoms. The van der Waals surface area contributed by atoms with E-state index in [-0.39, 0.29) is 35.7 Å². The van der Waals surface area contributed by atoms with Crippen LogP contribution >= 0.6 is 11.6 Å². The largest absolute Gasteiger partial charge is 0.486 e. The van der Waals surface area contributed by atoms with Crippen molar-refractivity contribution in [3.05, 3.63) is 98.4 Å². The van der Waals surface area contributed by atoms with E-state index in [1.165, 1.54) is 38.2 Å². The second-order valence-corrected chi connectivity index (χ2v) is 13.8. The van der Waals surface area contributed by atoms with E-state index in [1.54, 1.807) is 42.7 Å². The highest BCUT2D eigenvalue weighted by molar-refractivity contribution is 7.88. The third-order valence-corrected chi connectivity index (χ3v) is 10.1. The van der Waals surface area contributed by atoms with Gasteiger partial charge >= 0.3 is 5.56 Å². The van der Waals surface area contributed by atoms with Crippen LogP contribution in [0.15, 0.2) is 72.2 Å². The van der Waals surface area contributed by atoms with Gasteiger partial charge in [-0.3, -0.25) is 14.9 Å². The Morgan fingerprint density at radius 1 is 1.09 bits per heavy atom. The van der Waals surface area contributed by atoms with Gasteiger partial charge in [-0.25, -0.2) is 13.4 Å². The van der Waals surface area contributed by atoms with Crippen LogP contribution in [0.25, 0.3) is 11.4 Å². The maximum Gasteiger partial charge on any atom is 0.316 e. The maximum absolute atomic E-state index is 13.6. The van der Waals surface area contributed by atoms with Gasteiger partial charge in [-0.15, -0.1) is 0 Å². The van der Waals surface area contributed by atoms with Crippen molar-refractivity contribution in [1.82, 2.24) is 23.6 Å². The van der Waals surface area contributed by atoms with Crippen LogP contribution < -0.4 is 15.2 Å². The first-order valence-corrected chi connectivity index (χ1v) is 16.0. The number of benzene rings is 2. The summed E-state index contributed by atoms with van der Waals surface area (Å²) < 4.78 is 37.0. The minimum absolute atomic E-state index is 0.0205. The van der Waals surface area contributed by atoms with Gasteiger partial charge in [0.25, 0.3) is 5.69 Å². The fraction of sp³-hybridized carbons (Fsp3) is 0.345. The minimum atomic E-state index is -3.80. The molecule has 230 valence electrons. The number of nitro groups is 1. The molecule has 44 heavy (non-hydrogen) atoms. The van der Waals surface area contributed by atoms with Crippen LogP contribution in [-0.4, -0.2) is 69.8 Å². The molecule has 0 amide bonds. The van der Waals surface area contributed by atoms with Gasteiger partial charge < -0.3 is 14.2 Å². The topological polar surface area (TPSA) is 146 Å². The van der Waals surface area contributed by atoms with Crippen LogP contribution in [0.5, 0.6) is 5.75 Å². The van der Waals surface area contributed by atoms with Crippen molar-refractivity contribution in [3.8, 4) is 17.1 Å². The van der Waals surface area contributed by atoms with Gasteiger partial charge in [-0.05, 0) is 42.7 Å². The monoisotopic (exact) mass is 639 g/mol. The van der Waals surface area contributed by atoms with Crippen molar-refractivity contribution in [2.24, 2.45) is 5.41 Å². The van der Waals surface area contributed by atoms with Gasteiger partial charge in [-0.2, -0.15) is 14.1 Å². The molecule has 2 aliphatic rings. The fourth-order valence-electron chi connectivity index (χ4n) is 5.12. The van der Waals surface area contributed by atoms with E-state index in [1.807, 2.05) is 4.90 Å². The molecule has 1 saturated carbocycles. The second-order valence-electron chi connectivity index (χ2n) is 11.3. The predicted octanol–water partition coefficient (Wildman–Crippen LogP) is 3.81. The third-order valence-electron chi connectivity index (χ3n) is 7.98.